The summed E-state index contributed by atoms with van der Waals surface area (Å²) in [7, 11) is 1.36. The van der Waals surface area contributed by atoms with E-state index in [1.165, 1.54) is 13.5 Å². The van der Waals surface area contributed by atoms with E-state index in [0.29, 0.717) is 11.8 Å². The van der Waals surface area contributed by atoms with Crippen LogP contribution in [-0.2, 0) is 9.53 Å². The van der Waals surface area contributed by atoms with Crippen molar-refractivity contribution in [2.45, 2.75) is 53.0 Å². The summed E-state index contributed by atoms with van der Waals surface area (Å²) < 4.78 is 4.72. The lowest BCUT2D eigenvalue weighted by Crippen LogP contribution is -2.50. The number of urea groups is 1. The summed E-state index contributed by atoms with van der Waals surface area (Å²) >= 11 is 0. The van der Waals surface area contributed by atoms with Gasteiger partial charge in [0.05, 0.1) is 12.5 Å². The number of methoxy groups -OCH3 is 1. The first-order valence-corrected chi connectivity index (χ1v) is 7.40. The largest absolute Gasteiger partial charge is 0.469 e. The van der Waals surface area contributed by atoms with E-state index in [1.807, 2.05) is 0 Å². The molecule has 0 radical (unpaired) electrons. The number of rotatable bonds is 4. The Labute approximate surface area is 121 Å². The molecule has 5 heteroatoms. The van der Waals surface area contributed by atoms with Gasteiger partial charge in [0.2, 0.25) is 0 Å². The molecule has 1 rings (SSSR count). The Kier molecular flexibility index (Phi) is 5.84. The zero-order valence-electron chi connectivity index (χ0n) is 13.3. The molecule has 0 saturated heterocycles. The molecule has 2 N–H and O–H groups in total. The van der Waals surface area contributed by atoms with Crippen LogP contribution in [0.5, 0.6) is 0 Å². The summed E-state index contributed by atoms with van der Waals surface area (Å²) in [5, 5.41) is 5.80. The lowest BCUT2D eigenvalue weighted by molar-refractivity contribution is -0.150. The molecule has 20 heavy (non-hydrogen) atoms. The van der Waals surface area contributed by atoms with E-state index in [1.54, 1.807) is 13.8 Å². The van der Waals surface area contributed by atoms with Crippen LogP contribution in [-0.4, -0.2) is 31.7 Å². The molecule has 0 spiro atoms. The average Bonchev–Trinajstić information content (AvgIpc) is 2.41. The quantitative estimate of drug-likeness (QED) is 0.778. The van der Waals surface area contributed by atoms with Gasteiger partial charge in [-0.1, -0.05) is 26.7 Å². The third kappa shape index (κ3) is 4.39. The molecule has 0 aromatic rings. The molecule has 0 aromatic carbocycles. The zero-order chi connectivity index (χ0) is 15.3. The average molecular weight is 284 g/mol. The first-order chi connectivity index (χ1) is 9.27. The molecule has 2 amide bonds. The Morgan fingerprint density at radius 2 is 1.90 bits per heavy atom. The highest BCUT2D eigenvalue weighted by Crippen LogP contribution is 2.29. The van der Waals surface area contributed by atoms with Crippen molar-refractivity contribution in [2.75, 3.05) is 13.7 Å². The van der Waals surface area contributed by atoms with Crippen molar-refractivity contribution >= 4 is 12.0 Å². The highest BCUT2D eigenvalue weighted by atomic mass is 16.5. The molecule has 1 aliphatic rings. The van der Waals surface area contributed by atoms with Gasteiger partial charge >= 0.3 is 12.0 Å². The van der Waals surface area contributed by atoms with Crippen molar-refractivity contribution in [1.29, 1.82) is 0 Å². The minimum Gasteiger partial charge on any atom is -0.469 e. The molecule has 3 unspecified atom stereocenters. The fourth-order valence-corrected chi connectivity index (χ4v) is 2.65. The van der Waals surface area contributed by atoms with Gasteiger partial charge in [-0.2, -0.15) is 0 Å². The van der Waals surface area contributed by atoms with Crippen LogP contribution in [0.3, 0.4) is 0 Å². The van der Waals surface area contributed by atoms with Gasteiger partial charge < -0.3 is 15.4 Å². The molecule has 1 aliphatic carbocycles. The van der Waals surface area contributed by atoms with E-state index in [0.717, 1.165) is 12.8 Å². The van der Waals surface area contributed by atoms with Crippen LogP contribution >= 0.6 is 0 Å². The fraction of sp³-hybridized carbons (Fsp3) is 0.867. The fourth-order valence-electron chi connectivity index (χ4n) is 2.65. The molecule has 1 fully saturated rings. The summed E-state index contributed by atoms with van der Waals surface area (Å²) in [4.78, 5) is 23.5. The van der Waals surface area contributed by atoms with Crippen LogP contribution in [0, 0.1) is 17.3 Å². The van der Waals surface area contributed by atoms with Gasteiger partial charge in [-0.05, 0) is 32.1 Å². The Hall–Kier alpha value is -1.26. The predicted molar refractivity (Wildman–Crippen MR) is 78.3 cm³/mol. The Bertz CT molecular complexity index is 355. The summed E-state index contributed by atoms with van der Waals surface area (Å²) in [6, 6.07) is 0.0212. The summed E-state index contributed by atoms with van der Waals surface area (Å²) in [5.74, 6) is 0.807. The van der Waals surface area contributed by atoms with E-state index in [2.05, 4.69) is 24.5 Å². The number of esters is 1. The molecule has 0 heterocycles. The number of carbonyl (C=O) groups excluding carboxylic acids is 2. The van der Waals surface area contributed by atoms with Crippen LogP contribution in [0.4, 0.5) is 4.79 Å². The molecule has 5 nitrogen and oxygen atoms in total. The molecule has 0 aromatic heterocycles. The number of ether oxygens (including phenoxy) is 1. The van der Waals surface area contributed by atoms with E-state index in [9.17, 15) is 9.59 Å². The second-order valence-corrected chi connectivity index (χ2v) is 6.58. The monoisotopic (exact) mass is 284 g/mol. The summed E-state index contributed by atoms with van der Waals surface area (Å²) in [6.07, 6.45) is 3.42. The Morgan fingerprint density at radius 3 is 2.50 bits per heavy atom. The van der Waals surface area contributed by atoms with Crippen LogP contribution in [0.25, 0.3) is 0 Å². The number of hydrogen-bond donors (Lipinski definition) is 2. The number of hydrogen-bond acceptors (Lipinski definition) is 3. The van der Waals surface area contributed by atoms with Crippen molar-refractivity contribution in [3.63, 3.8) is 0 Å². The van der Waals surface area contributed by atoms with Gasteiger partial charge in [0.25, 0.3) is 0 Å². The smallest absolute Gasteiger partial charge is 0.315 e. The predicted octanol–water partition coefficient (Wildman–Crippen LogP) is 2.31. The van der Waals surface area contributed by atoms with Crippen LogP contribution in [0.1, 0.15) is 47.0 Å². The second-order valence-electron chi connectivity index (χ2n) is 6.58. The van der Waals surface area contributed by atoms with E-state index in [4.69, 9.17) is 4.74 Å². The van der Waals surface area contributed by atoms with Crippen molar-refractivity contribution in [3.05, 3.63) is 0 Å². The van der Waals surface area contributed by atoms with Gasteiger partial charge in [0.1, 0.15) is 0 Å². The van der Waals surface area contributed by atoms with Crippen molar-refractivity contribution in [1.82, 2.24) is 10.6 Å². The van der Waals surface area contributed by atoms with Crippen molar-refractivity contribution in [3.8, 4) is 0 Å². The molecule has 0 aliphatic heterocycles. The highest BCUT2D eigenvalue weighted by Gasteiger charge is 2.31. The minimum absolute atomic E-state index is 0.201. The first kappa shape index (κ1) is 16.8. The number of amides is 2. The normalized spacial score (nSPS) is 26.8. The van der Waals surface area contributed by atoms with Gasteiger partial charge in [0, 0.05) is 12.6 Å². The second kappa shape index (κ2) is 6.95. The molecule has 0 bridgehead atoms. The third-order valence-corrected chi connectivity index (χ3v) is 4.45. The molecular weight excluding hydrogens is 256 g/mol. The highest BCUT2D eigenvalue weighted by molar-refractivity contribution is 5.78. The number of carbonyl (C=O) groups is 2. The minimum atomic E-state index is -0.711. The summed E-state index contributed by atoms with van der Waals surface area (Å²) in [5.41, 5.74) is -0.711. The van der Waals surface area contributed by atoms with Gasteiger partial charge in [-0.3, -0.25) is 4.79 Å². The van der Waals surface area contributed by atoms with Gasteiger partial charge in [-0.25, -0.2) is 4.79 Å². The zero-order valence-corrected chi connectivity index (χ0v) is 13.3. The van der Waals surface area contributed by atoms with Crippen LogP contribution in [0.2, 0.25) is 0 Å². The van der Waals surface area contributed by atoms with E-state index in [-0.39, 0.29) is 24.6 Å². The van der Waals surface area contributed by atoms with Crippen molar-refractivity contribution < 1.29 is 14.3 Å². The summed E-state index contributed by atoms with van der Waals surface area (Å²) in [6.45, 7) is 8.20. The van der Waals surface area contributed by atoms with Crippen LogP contribution < -0.4 is 10.6 Å². The maximum absolute atomic E-state index is 11.9. The van der Waals surface area contributed by atoms with Crippen LogP contribution in [0.15, 0.2) is 0 Å². The number of nitrogens with one attached hydrogen (secondary N) is 2. The van der Waals surface area contributed by atoms with Gasteiger partial charge in [-0.15, -0.1) is 0 Å². The standard InChI is InChI=1S/C15H28N2O3/c1-10-7-6-8-12(11(10)2)17-14(19)16-9-15(3,4)13(18)20-5/h10-12H,6-9H2,1-5H3,(H2,16,17,19). The first-order valence-electron chi connectivity index (χ1n) is 7.40. The maximum Gasteiger partial charge on any atom is 0.315 e. The molecular formula is C15H28N2O3. The molecule has 3 atom stereocenters. The van der Waals surface area contributed by atoms with E-state index < -0.39 is 5.41 Å². The maximum atomic E-state index is 11.9. The Balaban J connectivity index is 2.42. The third-order valence-electron chi connectivity index (χ3n) is 4.45. The molecule has 116 valence electrons. The van der Waals surface area contributed by atoms with Crippen molar-refractivity contribution in [2.24, 2.45) is 17.3 Å². The van der Waals surface area contributed by atoms with E-state index >= 15 is 0 Å². The topological polar surface area (TPSA) is 67.4 Å². The Morgan fingerprint density at radius 1 is 1.25 bits per heavy atom. The van der Waals surface area contributed by atoms with Gasteiger partial charge in [0.15, 0.2) is 0 Å². The molecule has 1 saturated carbocycles. The SMILES string of the molecule is COC(=O)C(C)(C)CNC(=O)NC1CCCC(C)C1C. The lowest BCUT2D eigenvalue weighted by atomic mass is 9.78. The lowest BCUT2D eigenvalue weighted by Gasteiger charge is -2.34.